The summed E-state index contributed by atoms with van der Waals surface area (Å²) in [5.74, 6) is -0.203. The van der Waals surface area contributed by atoms with Crippen LogP contribution in [0.2, 0.25) is 0 Å². The minimum absolute atomic E-state index is 0.180. The summed E-state index contributed by atoms with van der Waals surface area (Å²) < 4.78 is 169. The van der Waals surface area contributed by atoms with E-state index in [0.29, 0.717) is 0 Å². The number of halogens is 12. The molecule has 0 fully saturated rings. The zero-order valence-electron chi connectivity index (χ0n) is 22.5. The quantitative estimate of drug-likeness (QED) is 0.219. The van der Waals surface area contributed by atoms with Crippen LogP contribution in [-0.2, 0) is 29.2 Å². The highest BCUT2D eigenvalue weighted by molar-refractivity contribution is 8.01. The molecule has 2 aromatic carbocycles. The van der Waals surface area contributed by atoms with Gasteiger partial charge in [0.25, 0.3) is 0 Å². The first-order valence-electron chi connectivity index (χ1n) is 11.9. The lowest BCUT2D eigenvalue weighted by Gasteiger charge is -2.35. The Kier molecular flexibility index (Phi) is 10.5. The number of thioether (sulfide) groups is 1. The molecule has 0 saturated heterocycles. The molecule has 232 valence electrons. The maximum Gasteiger partial charge on any atom is 0.416 e. The average molecular weight is 647 g/mol. The zero-order chi connectivity index (χ0) is 31.9. The molecular weight excluding hydrogens is 619 g/mol. The smallest absolute Gasteiger partial charge is 0.346 e. The van der Waals surface area contributed by atoms with Crippen molar-refractivity contribution >= 4 is 30.5 Å². The van der Waals surface area contributed by atoms with E-state index >= 15 is 0 Å². The van der Waals surface area contributed by atoms with Gasteiger partial charge in [-0.2, -0.15) is 52.7 Å². The Hall–Kier alpha value is -1.66. The van der Waals surface area contributed by atoms with E-state index in [9.17, 15) is 52.7 Å². The number of alkyl halides is 12. The molecule has 1 nitrogen and oxygen atoms in total. The van der Waals surface area contributed by atoms with Crippen LogP contribution in [0.4, 0.5) is 52.7 Å². The first-order valence-corrected chi connectivity index (χ1v) is 14.1. The fourth-order valence-corrected chi connectivity index (χ4v) is 7.24. The lowest BCUT2D eigenvalue weighted by Crippen LogP contribution is -2.33. The minimum atomic E-state index is -5.31. The molecule has 0 N–H and O–H groups in total. The Morgan fingerprint density at radius 3 is 1.07 bits per heavy atom. The van der Waals surface area contributed by atoms with Crippen LogP contribution < -0.4 is 10.6 Å². The Balaban J connectivity index is 2.92. The van der Waals surface area contributed by atoms with Crippen molar-refractivity contribution in [1.29, 1.82) is 0 Å². The molecule has 0 aliphatic carbocycles. The van der Waals surface area contributed by atoms with Crippen molar-refractivity contribution in [3.05, 3.63) is 58.7 Å². The van der Waals surface area contributed by atoms with Crippen LogP contribution in [0.1, 0.15) is 63.8 Å². The number of hydrogen-bond acceptors (Lipinski definition) is 2. The highest BCUT2D eigenvalue weighted by atomic mass is 32.2. The highest BCUT2D eigenvalue weighted by Gasteiger charge is 2.41. The molecular formula is C26H27F12OPS. The van der Waals surface area contributed by atoms with Gasteiger partial charge in [0.2, 0.25) is 0 Å². The van der Waals surface area contributed by atoms with Gasteiger partial charge in [-0.1, -0.05) is 34.6 Å². The SMILES string of the molecule is CC(C)[C@@H](SC(C)(C)C)[C@@H](C)OP(c1cc(C(F)(F)F)cc(C(F)(F)F)c1)c1cc(C(F)(F)F)cc(C(F)(F)F)c1. The standard InChI is InChI=1S/C26H27F12OPS/c1-13(2)21(41-22(4,5)6)14(3)39-40(19-9-15(23(27,28)29)7-16(10-19)24(30,31)32)20-11-17(25(33,34)35)8-18(12-20)26(36,37)38/h7-14,21H,1-6H3/t14-,21-/m1/s1. The Morgan fingerprint density at radius 2 is 0.854 bits per heavy atom. The van der Waals surface area contributed by atoms with E-state index in [0.717, 1.165) is 0 Å². The fraction of sp³-hybridized carbons (Fsp3) is 0.538. The number of hydrogen-bond donors (Lipinski definition) is 0. The summed E-state index contributed by atoms with van der Waals surface area (Å²) in [4.78, 5) is 0. The molecule has 0 heterocycles. The summed E-state index contributed by atoms with van der Waals surface area (Å²) >= 11 is 1.35. The number of rotatable bonds is 7. The zero-order valence-corrected chi connectivity index (χ0v) is 24.2. The molecule has 0 aromatic heterocycles. The van der Waals surface area contributed by atoms with E-state index < -0.39 is 81.8 Å². The van der Waals surface area contributed by atoms with Gasteiger partial charge in [-0.05, 0) is 49.2 Å². The summed E-state index contributed by atoms with van der Waals surface area (Å²) in [5, 5.41) is -2.17. The van der Waals surface area contributed by atoms with E-state index in [2.05, 4.69) is 0 Å². The van der Waals surface area contributed by atoms with Crippen LogP contribution in [0.15, 0.2) is 36.4 Å². The van der Waals surface area contributed by atoms with Gasteiger partial charge in [0.15, 0.2) is 0 Å². The molecule has 0 spiro atoms. The molecule has 2 rings (SSSR count). The third-order valence-corrected chi connectivity index (χ3v) is 9.40. The molecule has 0 radical (unpaired) electrons. The maximum atomic E-state index is 13.6. The van der Waals surface area contributed by atoms with Gasteiger partial charge in [-0.3, -0.25) is 0 Å². The lowest BCUT2D eigenvalue weighted by molar-refractivity contribution is -0.144. The van der Waals surface area contributed by atoms with Crippen LogP contribution >= 0.6 is 19.9 Å². The largest absolute Gasteiger partial charge is 0.416 e. The molecule has 0 amide bonds. The second-order valence-electron chi connectivity index (χ2n) is 10.6. The number of benzene rings is 2. The van der Waals surface area contributed by atoms with E-state index in [4.69, 9.17) is 4.52 Å². The summed E-state index contributed by atoms with van der Waals surface area (Å²) in [7, 11) is -3.06. The van der Waals surface area contributed by atoms with E-state index in [1.165, 1.54) is 18.7 Å². The second kappa shape index (κ2) is 12.1. The Morgan fingerprint density at radius 1 is 0.561 bits per heavy atom. The summed E-state index contributed by atoms with van der Waals surface area (Å²) in [5.41, 5.74) is -7.12. The Labute approximate surface area is 234 Å². The maximum absolute atomic E-state index is 13.6. The second-order valence-corrected chi connectivity index (χ2v) is 14.4. The highest BCUT2D eigenvalue weighted by Crippen LogP contribution is 2.46. The van der Waals surface area contributed by atoms with Crippen molar-refractivity contribution in [1.82, 2.24) is 0 Å². The van der Waals surface area contributed by atoms with Crippen molar-refractivity contribution in [2.24, 2.45) is 5.92 Å². The van der Waals surface area contributed by atoms with Crippen LogP contribution in [0.5, 0.6) is 0 Å². The van der Waals surface area contributed by atoms with Crippen molar-refractivity contribution in [2.75, 3.05) is 0 Å². The Bertz CT molecular complexity index is 1050. The van der Waals surface area contributed by atoms with E-state index in [1.54, 1.807) is 13.8 Å². The predicted octanol–water partition coefficient (Wildman–Crippen LogP) is 10.1. The molecule has 2 atom stereocenters. The van der Waals surface area contributed by atoms with Gasteiger partial charge in [0.1, 0.15) is 0 Å². The third kappa shape index (κ3) is 9.95. The van der Waals surface area contributed by atoms with Crippen molar-refractivity contribution in [3.8, 4) is 0 Å². The van der Waals surface area contributed by atoms with Crippen LogP contribution in [-0.4, -0.2) is 16.1 Å². The summed E-state index contributed by atoms with van der Waals surface area (Å²) in [6, 6.07) is 0.704. The first-order chi connectivity index (χ1) is 18.2. The first kappa shape index (κ1) is 35.5. The molecule has 0 bridgehead atoms. The normalized spacial score (nSPS) is 15.5. The third-order valence-electron chi connectivity index (χ3n) is 5.49. The van der Waals surface area contributed by atoms with Crippen molar-refractivity contribution in [3.63, 3.8) is 0 Å². The molecule has 0 unspecified atom stereocenters. The van der Waals surface area contributed by atoms with Crippen LogP contribution in [0.3, 0.4) is 0 Å². The molecule has 0 aliphatic heterocycles. The predicted molar refractivity (Wildman–Crippen MR) is 136 cm³/mol. The van der Waals surface area contributed by atoms with Crippen molar-refractivity contribution in [2.45, 2.75) is 82.3 Å². The fourth-order valence-electron chi connectivity index (χ4n) is 3.79. The molecule has 0 aliphatic rings. The van der Waals surface area contributed by atoms with Gasteiger partial charge in [-0.25, -0.2) is 0 Å². The van der Waals surface area contributed by atoms with Crippen LogP contribution in [0, 0.1) is 5.92 Å². The van der Waals surface area contributed by atoms with Gasteiger partial charge in [0.05, 0.1) is 36.5 Å². The molecule has 2 aromatic rings. The summed E-state index contributed by atoms with van der Waals surface area (Å²) in [6.45, 7) is 10.4. The van der Waals surface area contributed by atoms with Gasteiger partial charge in [0, 0.05) is 20.6 Å². The van der Waals surface area contributed by atoms with Gasteiger partial charge < -0.3 is 4.52 Å². The van der Waals surface area contributed by atoms with Gasteiger partial charge in [-0.15, -0.1) is 11.8 Å². The summed E-state index contributed by atoms with van der Waals surface area (Å²) in [6.07, 6.45) is -22.3. The lowest BCUT2D eigenvalue weighted by atomic mass is 10.1. The van der Waals surface area contributed by atoms with E-state index in [-0.39, 0.29) is 42.3 Å². The minimum Gasteiger partial charge on any atom is -0.346 e. The topological polar surface area (TPSA) is 9.23 Å². The molecule has 41 heavy (non-hydrogen) atoms. The molecule has 15 heteroatoms. The average Bonchev–Trinajstić information content (AvgIpc) is 2.77. The van der Waals surface area contributed by atoms with Crippen LogP contribution in [0.25, 0.3) is 0 Å². The molecule has 0 saturated carbocycles. The monoisotopic (exact) mass is 646 g/mol. The van der Waals surface area contributed by atoms with E-state index in [1.807, 2.05) is 20.8 Å². The van der Waals surface area contributed by atoms with Gasteiger partial charge >= 0.3 is 24.7 Å². The van der Waals surface area contributed by atoms with Crippen molar-refractivity contribution < 1.29 is 57.2 Å².